The molecule has 1 N–H and O–H groups in total. The summed E-state index contributed by atoms with van der Waals surface area (Å²) in [6.07, 6.45) is 0.295. The maximum Gasteiger partial charge on any atom is 0.266 e. The molecule has 0 fully saturated rings. The fourth-order valence-electron chi connectivity index (χ4n) is 1.96. The number of carbonyl (C=O) groups excluding carboxylic acids is 2. The quantitative estimate of drug-likeness (QED) is 0.773. The van der Waals surface area contributed by atoms with Crippen LogP contribution in [-0.4, -0.2) is 11.7 Å². The molecule has 1 aromatic heterocycles. The summed E-state index contributed by atoms with van der Waals surface area (Å²) < 4.78 is 0. The van der Waals surface area contributed by atoms with Crippen molar-refractivity contribution in [1.29, 1.82) is 0 Å². The number of ketones is 1. The van der Waals surface area contributed by atoms with E-state index in [-0.39, 0.29) is 11.7 Å². The van der Waals surface area contributed by atoms with Gasteiger partial charge in [-0.25, -0.2) is 0 Å². The SMILES string of the molecule is O=C1Cc2ccsc2C(=O)Nc2ccccc21. The average molecular weight is 243 g/mol. The Balaban J connectivity index is 2.15. The maximum absolute atomic E-state index is 12.1. The smallest absolute Gasteiger partial charge is 0.266 e. The molecule has 0 unspecified atom stereocenters. The molecule has 0 saturated heterocycles. The monoisotopic (exact) mass is 243 g/mol. The first-order valence-electron chi connectivity index (χ1n) is 5.25. The summed E-state index contributed by atoms with van der Waals surface area (Å²) in [6.45, 7) is 0. The van der Waals surface area contributed by atoms with Gasteiger partial charge in [0.1, 0.15) is 0 Å². The summed E-state index contributed by atoms with van der Waals surface area (Å²) in [5.74, 6) is -0.0878. The van der Waals surface area contributed by atoms with Crippen LogP contribution in [0.15, 0.2) is 35.7 Å². The molecule has 0 spiro atoms. The van der Waals surface area contributed by atoms with Crippen LogP contribution in [0.3, 0.4) is 0 Å². The molecule has 0 radical (unpaired) electrons. The number of fused-ring (bicyclic) bond motifs is 2. The molecule has 2 aromatic rings. The topological polar surface area (TPSA) is 46.2 Å². The molecule has 1 aliphatic heterocycles. The van der Waals surface area contributed by atoms with Gasteiger partial charge in [0.2, 0.25) is 0 Å². The number of nitrogens with one attached hydrogen (secondary N) is 1. The highest BCUT2D eigenvalue weighted by Crippen LogP contribution is 2.26. The summed E-state index contributed by atoms with van der Waals surface area (Å²) in [5, 5.41) is 4.63. The molecular formula is C13H9NO2S. The molecule has 0 bridgehead atoms. The third-order valence-corrected chi connectivity index (χ3v) is 3.74. The molecule has 17 heavy (non-hydrogen) atoms. The molecule has 3 rings (SSSR count). The Labute approximate surface area is 102 Å². The van der Waals surface area contributed by atoms with E-state index in [0.717, 1.165) is 5.56 Å². The van der Waals surface area contributed by atoms with Crippen molar-refractivity contribution in [2.75, 3.05) is 5.32 Å². The predicted octanol–water partition coefficient (Wildman–Crippen LogP) is 2.74. The largest absolute Gasteiger partial charge is 0.321 e. The molecule has 1 aliphatic rings. The van der Waals surface area contributed by atoms with Crippen LogP contribution in [0.5, 0.6) is 0 Å². The van der Waals surface area contributed by atoms with Crippen molar-refractivity contribution in [2.24, 2.45) is 0 Å². The van der Waals surface area contributed by atoms with Crippen molar-refractivity contribution in [2.45, 2.75) is 6.42 Å². The van der Waals surface area contributed by atoms with Gasteiger partial charge in [0.05, 0.1) is 10.6 Å². The lowest BCUT2D eigenvalue weighted by molar-refractivity contribution is 0.0990. The third kappa shape index (κ3) is 1.66. The Morgan fingerprint density at radius 2 is 1.94 bits per heavy atom. The first kappa shape index (κ1) is 10.2. The number of carbonyl (C=O) groups is 2. The summed E-state index contributed by atoms with van der Waals surface area (Å²) in [5.41, 5.74) is 1.99. The summed E-state index contributed by atoms with van der Waals surface area (Å²) in [6, 6.07) is 8.95. The summed E-state index contributed by atoms with van der Waals surface area (Å²) >= 11 is 1.37. The Kier molecular flexibility index (Phi) is 2.30. The van der Waals surface area contributed by atoms with Gasteiger partial charge in [-0.05, 0) is 29.1 Å². The summed E-state index contributed by atoms with van der Waals surface area (Å²) in [7, 11) is 0. The lowest BCUT2D eigenvalue weighted by Gasteiger charge is -2.13. The number of amides is 1. The van der Waals surface area contributed by atoms with Crippen molar-refractivity contribution in [3.05, 3.63) is 51.7 Å². The summed E-state index contributed by atoms with van der Waals surface area (Å²) in [4.78, 5) is 24.7. The fraction of sp³-hybridized carbons (Fsp3) is 0.0769. The van der Waals surface area contributed by atoms with Crippen LogP contribution < -0.4 is 5.32 Å². The number of anilines is 1. The minimum Gasteiger partial charge on any atom is -0.321 e. The highest BCUT2D eigenvalue weighted by atomic mass is 32.1. The van der Waals surface area contributed by atoms with Crippen molar-refractivity contribution < 1.29 is 9.59 Å². The number of hydrogen-bond acceptors (Lipinski definition) is 3. The second-order valence-corrected chi connectivity index (χ2v) is 4.79. The van der Waals surface area contributed by atoms with Crippen LogP contribution in [0.1, 0.15) is 25.6 Å². The molecule has 84 valence electrons. The molecule has 0 aliphatic carbocycles. The zero-order chi connectivity index (χ0) is 11.8. The molecule has 4 heteroatoms. The Bertz CT molecular complexity index is 615. The first-order valence-corrected chi connectivity index (χ1v) is 6.13. The highest BCUT2D eigenvalue weighted by Gasteiger charge is 2.22. The van der Waals surface area contributed by atoms with Gasteiger partial charge in [0, 0.05) is 12.0 Å². The molecule has 1 aromatic carbocycles. The fourth-order valence-corrected chi connectivity index (χ4v) is 2.77. The van der Waals surface area contributed by atoms with Crippen LogP contribution in [0.4, 0.5) is 5.69 Å². The number of rotatable bonds is 0. The van der Waals surface area contributed by atoms with Gasteiger partial charge in [-0.15, -0.1) is 11.3 Å². The maximum atomic E-state index is 12.1. The van der Waals surface area contributed by atoms with Gasteiger partial charge >= 0.3 is 0 Å². The van der Waals surface area contributed by atoms with E-state index < -0.39 is 0 Å². The van der Waals surface area contributed by atoms with E-state index in [2.05, 4.69) is 5.32 Å². The van der Waals surface area contributed by atoms with Gasteiger partial charge < -0.3 is 5.32 Å². The van der Waals surface area contributed by atoms with E-state index in [1.165, 1.54) is 11.3 Å². The van der Waals surface area contributed by atoms with Crippen molar-refractivity contribution in [1.82, 2.24) is 0 Å². The Morgan fingerprint density at radius 1 is 1.12 bits per heavy atom. The van der Waals surface area contributed by atoms with Gasteiger partial charge in [-0.2, -0.15) is 0 Å². The normalized spacial score (nSPS) is 14.4. The number of para-hydroxylation sites is 1. The predicted molar refractivity (Wildman–Crippen MR) is 66.7 cm³/mol. The molecular weight excluding hydrogens is 234 g/mol. The minimum absolute atomic E-state index is 0.0419. The Hall–Kier alpha value is -1.94. The molecule has 0 atom stereocenters. The van der Waals surface area contributed by atoms with Crippen LogP contribution in [-0.2, 0) is 6.42 Å². The van der Waals surface area contributed by atoms with Gasteiger partial charge in [0.15, 0.2) is 5.78 Å². The third-order valence-electron chi connectivity index (χ3n) is 2.78. The van der Waals surface area contributed by atoms with E-state index in [1.807, 2.05) is 17.5 Å². The van der Waals surface area contributed by atoms with E-state index >= 15 is 0 Å². The molecule has 3 nitrogen and oxygen atoms in total. The van der Waals surface area contributed by atoms with Crippen molar-refractivity contribution in [3.63, 3.8) is 0 Å². The highest BCUT2D eigenvalue weighted by molar-refractivity contribution is 7.12. The Morgan fingerprint density at radius 3 is 2.82 bits per heavy atom. The first-order chi connectivity index (χ1) is 8.25. The van der Waals surface area contributed by atoms with Gasteiger partial charge in [-0.1, -0.05) is 12.1 Å². The minimum atomic E-state index is -0.130. The molecule has 0 saturated carbocycles. The van der Waals surface area contributed by atoms with Crippen molar-refractivity contribution >= 4 is 28.7 Å². The van der Waals surface area contributed by atoms with Crippen LogP contribution in [0.25, 0.3) is 0 Å². The second kappa shape index (κ2) is 3.82. The van der Waals surface area contributed by atoms with E-state index in [1.54, 1.807) is 18.2 Å². The van der Waals surface area contributed by atoms with Crippen LogP contribution in [0.2, 0.25) is 0 Å². The zero-order valence-electron chi connectivity index (χ0n) is 8.90. The lowest BCUT2D eigenvalue weighted by atomic mass is 10.00. The number of hydrogen-bond donors (Lipinski definition) is 1. The van der Waals surface area contributed by atoms with E-state index in [0.29, 0.717) is 22.5 Å². The van der Waals surface area contributed by atoms with E-state index in [9.17, 15) is 9.59 Å². The standard InChI is InChI=1S/C13H9NO2S/c15-11-7-8-5-6-17-12(8)13(16)14-10-4-2-1-3-9(10)11/h1-6H,7H2,(H,14,16). The van der Waals surface area contributed by atoms with Gasteiger partial charge in [0.25, 0.3) is 5.91 Å². The number of thiophene rings is 1. The number of Topliss-reactive ketones (excluding diaryl/α,β-unsaturated/α-hetero) is 1. The van der Waals surface area contributed by atoms with Crippen molar-refractivity contribution in [3.8, 4) is 0 Å². The van der Waals surface area contributed by atoms with Crippen LogP contribution in [0, 0.1) is 0 Å². The molecule has 2 heterocycles. The average Bonchev–Trinajstić information content (AvgIpc) is 2.76. The second-order valence-electron chi connectivity index (χ2n) is 3.87. The lowest BCUT2D eigenvalue weighted by Crippen LogP contribution is -2.19. The van der Waals surface area contributed by atoms with Gasteiger partial charge in [-0.3, -0.25) is 9.59 Å². The zero-order valence-corrected chi connectivity index (χ0v) is 9.71. The van der Waals surface area contributed by atoms with E-state index in [4.69, 9.17) is 0 Å². The molecule has 1 amide bonds. The van der Waals surface area contributed by atoms with Crippen LogP contribution >= 0.6 is 11.3 Å². The number of benzene rings is 1.